The van der Waals surface area contributed by atoms with E-state index in [0.717, 1.165) is 24.7 Å². The zero-order valence-corrected chi connectivity index (χ0v) is 9.91. The second kappa shape index (κ2) is 5.85. The first-order chi connectivity index (χ1) is 7.88. The van der Waals surface area contributed by atoms with Crippen molar-refractivity contribution in [3.05, 3.63) is 23.9 Å². The highest BCUT2D eigenvalue weighted by atomic mass is 16.5. The Morgan fingerprint density at radius 3 is 2.94 bits per heavy atom. The summed E-state index contributed by atoms with van der Waals surface area (Å²) in [6.07, 6.45) is 5.59. The predicted molar refractivity (Wildman–Crippen MR) is 64.5 cm³/mol. The van der Waals surface area contributed by atoms with Crippen molar-refractivity contribution in [2.24, 2.45) is 5.92 Å². The van der Waals surface area contributed by atoms with E-state index in [-0.39, 0.29) is 0 Å². The highest BCUT2D eigenvalue weighted by Crippen LogP contribution is 2.23. The SMILES string of the molecule is COc1cccc(CNCC2CCCC2)n1. The molecule has 16 heavy (non-hydrogen) atoms. The Labute approximate surface area is 97.2 Å². The van der Waals surface area contributed by atoms with Crippen molar-refractivity contribution in [1.82, 2.24) is 10.3 Å². The van der Waals surface area contributed by atoms with E-state index in [0.29, 0.717) is 5.88 Å². The third-order valence-electron chi connectivity index (χ3n) is 3.20. The lowest BCUT2D eigenvalue weighted by Gasteiger charge is -2.10. The van der Waals surface area contributed by atoms with Crippen LogP contribution in [0.1, 0.15) is 31.4 Å². The molecule has 1 N–H and O–H groups in total. The van der Waals surface area contributed by atoms with Crippen molar-refractivity contribution in [3.8, 4) is 5.88 Å². The maximum Gasteiger partial charge on any atom is 0.213 e. The average molecular weight is 220 g/mol. The molecule has 1 aromatic rings. The van der Waals surface area contributed by atoms with Crippen LogP contribution in [0.3, 0.4) is 0 Å². The molecule has 0 bridgehead atoms. The third kappa shape index (κ3) is 3.20. The van der Waals surface area contributed by atoms with Gasteiger partial charge >= 0.3 is 0 Å². The van der Waals surface area contributed by atoms with Gasteiger partial charge in [-0.05, 0) is 31.4 Å². The van der Waals surface area contributed by atoms with Gasteiger partial charge in [0.05, 0.1) is 12.8 Å². The molecule has 1 heterocycles. The standard InChI is InChI=1S/C13H20N2O/c1-16-13-8-4-7-12(15-13)10-14-9-11-5-2-3-6-11/h4,7-8,11,14H,2-3,5-6,9-10H2,1H3. The monoisotopic (exact) mass is 220 g/mol. The summed E-state index contributed by atoms with van der Waals surface area (Å²) in [5.41, 5.74) is 1.05. The maximum atomic E-state index is 5.10. The Morgan fingerprint density at radius 1 is 1.38 bits per heavy atom. The molecule has 1 aromatic heterocycles. The van der Waals surface area contributed by atoms with Crippen molar-refractivity contribution < 1.29 is 4.74 Å². The summed E-state index contributed by atoms with van der Waals surface area (Å²) >= 11 is 0. The van der Waals surface area contributed by atoms with E-state index in [1.54, 1.807) is 7.11 Å². The van der Waals surface area contributed by atoms with E-state index in [9.17, 15) is 0 Å². The lowest BCUT2D eigenvalue weighted by molar-refractivity contribution is 0.395. The van der Waals surface area contributed by atoms with Crippen LogP contribution in [-0.4, -0.2) is 18.6 Å². The minimum absolute atomic E-state index is 0.695. The molecule has 1 aliphatic rings. The molecule has 1 aliphatic carbocycles. The topological polar surface area (TPSA) is 34.1 Å². The first kappa shape index (κ1) is 11.4. The Hall–Kier alpha value is -1.09. The lowest BCUT2D eigenvalue weighted by Crippen LogP contribution is -2.21. The van der Waals surface area contributed by atoms with Gasteiger partial charge in [0, 0.05) is 12.6 Å². The Kier molecular flexibility index (Phi) is 4.17. The smallest absolute Gasteiger partial charge is 0.213 e. The predicted octanol–water partition coefficient (Wildman–Crippen LogP) is 2.37. The number of hydrogen-bond donors (Lipinski definition) is 1. The highest BCUT2D eigenvalue weighted by Gasteiger charge is 2.13. The lowest BCUT2D eigenvalue weighted by atomic mass is 10.1. The van der Waals surface area contributed by atoms with Crippen molar-refractivity contribution in [3.63, 3.8) is 0 Å². The van der Waals surface area contributed by atoms with Gasteiger partial charge in [-0.2, -0.15) is 0 Å². The quantitative estimate of drug-likeness (QED) is 0.827. The first-order valence-electron chi connectivity index (χ1n) is 6.09. The van der Waals surface area contributed by atoms with Crippen LogP contribution in [0.4, 0.5) is 0 Å². The van der Waals surface area contributed by atoms with Gasteiger partial charge in [-0.15, -0.1) is 0 Å². The molecule has 0 aliphatic heterocycles. The molecule has 0 amide bonds. The number of methoxy groups -OCH3 is 1. The van der Waals surface area contributed by atoms with Crippen molar-refractivity contribution in [2.45, 2.75) is 32.2 Å². The fraction of sp³-hybridized carbons (Fsp3) is 0.615. The average Bonchev–Trinajstić information content (AvgIpc) is 2.82. The molecule has 3 heteroatoms. The van der Waals surface area contributed by atoms with Crippen molar-refractivity contribution >= 4 is 0 Å². The van der Waals surface area contributed by atoms with Crippen LogP contribution < -0.4 is 10.1 Å². The van der Waals surface area contributed by atoms with Crippen LogP contribution in [0.25, 0.3) is 0 Å². The van der Waals surface area contributed by atoms with Gasteiger partial charge < -0.3 is 10.1 Å². The van der Waals surface area contributed by atoms with Crippen LogP contribution in [-0.2, 0) is 6.54 Å². The summed E-state index contributed by atoms with van der Waals surface area (Å²) in [5, 5.41) is 3.48. The molecule has 0 aromatic carbocycles. The third-order valence-corrected chi connectivity index (χ3v) is 3.20. The van der Waals surface area contributed by atoms with Crippen LogP contribution in [0.15, 0.2) is 18.2 Å². The zero-order chi connectivity index (χ0) is 11.2. The molecule has 1 saturated carbocycles. The molecular weight excluding hydrogens is 200 g/mol. The van der Waals surface area contributed by atoms with Crippen LogP contribution in [0.5, 0.6) is 5.88 Å². The Morgan fingerprint density at radius 2 is 2.19 bits per heavy atom. The number of nitrogens with zero attached hydrogens (tertiary/aromatic N) is 1. The van der Waals surface area contributed by atoms with E-state index in [1.807, 2.05) is 18.2 Å². The van der Waals surface area contributed by atoms with E-state index in [4.69, 9.17) is 4.74 Å². The summed E-state index contributed by atoms with van der Waals surface area (Å²) in [6.45, 7) is 1.96. The number of nitrogens with one attached hydrogen (secondary N) is 1. The summed E-state index contributed by atoms with van der Waals surface area (Å²) < 4.78 is 5.10. The maximum absolute atomic E-state index is 5.10. The Bertz CT molecular complexity index is 321. The van der Waals surface area contributed by atoms with Gasteiger partial charge in [-0.3, -0.25) is 0 Å². The van der Waals surface area contributed by atoms with Gasteiger partial charge in [0.25, 0.3) is 0 Å². The van der Waals surface area contributed by atoms with Gasteiger partial charge in [0.1, 0.15) is 0 Å². The summed E-state index contributed by atoms with van der Waals surface area (Å²) in [7, 11) is 1.65. The number of rotatable bonds is 5. The molecule has 0 atom stereocenters. The van der Waals surface area contributed by atoms with Crippen LogP contribution in [0.2, 0.25) is 0 Å². The number of aromatic nitrogens is 1. The fourth-order valence-corrected chi connectivity index (χ4v) is 2.29. The van der Waals surface area contributed by atoms with Crippen molar-refractivity contribution in [2.75, 3.05) is 13.7 Å². The van der Waals surface area contributed by atoms with Crippen molar-refractivity contribution in [1.29, 1.82) is 0 Å². The number of pyridine rings is 1. The van der Waals surface area contributed by atoms with Gasteiger partial charge in [0.2, 0.25) is 5.88 Å². The largest absolute Gasteiger partial charge is 0.481 e. The number of hydrogen-bond acceptors (Lipinski definition) is 3. The molecule has 0 spiro atoms. The van der Waals surface area contributed by atoms with E-state index >= 15 is 0 Å². The minimum atomic E-state index is 0.695. The first-order valence-corrected chi connectivity index (χ1v) is 6.09. The van der Waals surface area contributed by atoms with E-state index in [1.165, 1.54) is 25.7 Å². The zero-order valence-electron chi connectivity index (χ0n) is 9.91. The fourth-order valence-electron chi connectivity index (χ4n) is 2.29. The summed E-state index contributed by atoms with van der Waals surface area (Å²) in [4.78, 5) is 4.37. The molecule has 2 rings (SSSR count). The van der Waals surface area contributed by atoms with E-state index < -0.39 is 0 Å². The van der Waals surface area contributed by atoms with Gasteiger partial charge in [-0.1, -0.05) is 18.9 Å². The summed E-state index contributed by atoms with van der Waals surface area (Å²) in [5.74, 6) is 1.57. The van der Waals surface area contributed by atoms with E-state index in [2.05, 4.69) is 10.3 Å². The minimum Gasteiger partial charge on any atom is -0.481 e. The molecular formula is C13H20N2O. The molecule has 3 nitrogen and oxygen atoms in total. The van der Waals surface area contributed by atoms with Crippen LogP contribution in [0, 0.1) is 5.92 Å². The van der Waals surface area contributed by atoms with Gasteiger partial charge in [-0.25, -0.2) is 4.98 Å². The van der Waals surface area contributed by atoms with Gasteiger partial charge in [0.15, 0.2) is 0 Å². The second-order valence-electron chi connectivity index (χ2n) is 4.45. The second-order valence-corrected chi connectivity index (χ2v) is 4.45. The number of ether oxygens (including phenoxy) is 1. The normalized spacial score (nSPS) is 16.6. The summed E-state index contributed by atoms with van der Waals surface area (Å²) in [6, 6.07) is 5.89. The Balaban J connectivity index is 1.75. The molecule has 88 valence electrons. The molecule has 0 unspecified atom stereocenters. The molecule has 1 fully saturated rings. The van der Waals surface area contributed by atoms with Crippen LogP contribution >= 0.6 is 0 Å². The highest BCUT2D eigenvalue weighted by molar-refractivity contribution is 5.15. The molecule has 0 radical (unpaired) electrons. The molecule has 0 saturated heterocycles.